The van der Waals surface area contributed by atoms with Gasteiger partial charge in [0, 0.05) is 0 Å². The first-order chi connectivity index (χ1) is 7.59. The van der Waals surface area contributed by atoms with E-state index in [1.54, 1.807) is 0 Å². The van der Waals surface area contributed by atoms with E-state index < -0.39 is 0 Å². The Kier molecular flexibility index (Phi) is 4.77. The lowest BCUT2D eigenvalue weighted by atomic mass is 10.1. The first-order valence-electron chi connectivity index (χ1n) is 5.45. The maximum absolute atomic E-state index is 11.6. The van der Waals surface area contributed by atoms with Crippen LogP contribution in [0.2, 0.25) is 0 Å². The standard InChI is InChI=1S/C14H18O2/c1-11(2)9-12(3)14(15)16-10-13-7-5-4-6-8-13/h4-9,12H,10H2,1-3H3. The first kappa shape index (κ1) is 12.5. The number of hydrogen-bond acceptors (Lipinski definition) is 2. The minimum Gasteiger partial charge on any atom is -0.460 e. The fraction of sp³-hybridized carbons (Fsp3) is 0.357. The molecule has 0 heterocycles. The van der Waals surface area contributed by atoms with Gasteiger partial charge in [-0.2, -0.15) is 0 Å². The third-order valence-corrected chi connectivity index (χ3v) is 2.18. The Morgan fingerprint density at radius 3 is 2.50 bits per heavy atom. The van der Waals surface area contributed by atoms with Crippen molar-refractivity contribution in [1.29, 1.82) is 0 Å². The molecule has 0 aliphatic rings. The Bertz CT molecular complexity index is 362. The van der Waals surface area contributed by atoms with Crippen LogP contribution >= 0.6 is 0 Å². The molecule has 1 aromatic rings. The van der Waals surface area contributed by atoms with Crippen molar-refractivity contribution in [3.63, 3.8) is 0 Å². The molecule has 1 atom stereocenters. The summed E-state index contributed by atoms with van der Waals surface area (Å²) in [4.78, 5) is 11.6. The highest BCUT2D eigenvalue weighted by Crippen LogP contribution is 2.07. The molecule has 0 N–H and O–H groups in total. The predicted octanol–water partition coefficient (Wildman–Crippen LogP) is 3.33. The molecule has 0 radical (unpaired) electrons. The van der Waals surface area contributed by atoms with Gasteiger partial charge in [0.25, 0.3) is 0 Å². The summed E-state index contributed by atoms with van der Waals surface area (Å²) < 4.78 is 5.21. The molecule has 1 rings (SSSR count). The maximum atomic E-state index is 11.6. The zero-order chi connectivity index (χ0) is 12.0. The van der Waals surface area contributed by atoms with Crippen molar-refractivity contribution in [2.24, 2.45) is 5.92 Å². The van der Waals surface area contributed by atoms with Gasteiger partial charge in [0.1, 0.15) is 6.61 Å². The van der Waals surface area contributed by atoms with E-state index in [4.69, 9.17) is 4.74 Å². The molecule has 0 fully saturated rings. The SMILES string of the molecule is CC(C)=CC(C)C(=O)OCc1ccccc1. The van der Waals surface area contributed by atoms with E-state index in [0.29, 0.717) is 6.61 Å². The van der Waals surface area contributed by atoms with E-state index in [1.165, 1.54) is 0 Å². The molecule has 0 bridgehead atoms. The average molecular weight is 218 g/mol. The Hall–Kier alpha value is -1.57. The lowest BCUT2D eigenvalue weighted by molar-refractivity contribution is -0.147. The van der Waals surface area contributed by atoms with E-state index in [-0.39, 0.29) is 11.9 Å². The van der Waals surface area contributed by atoms with Gasteiger partial charge >= 0.3 is 5.97 Å². The number of ether oxygens (including phenoxy) is 1. The van der Waals surface area contributed by atoms with Crippen LogP contribution in [0.25, 0.3) is 0 Å². The molecule has 0 spiro atoms. The highest BCUT2D eigenvalue weighted by atomic mass is 16.5. The number of benzene rings is 1. The van der Waals surface area contributed by atoms with Crippen LogP contribution in [0.5, 0.6) is 0 Å². The molecular weight excluding hydrogens is 200 g/mol. The topological polar surface area (TPSA) is 26.3 Å². The predicted molar refractivity (Wildman–Crippen MR) is 64.8 cm³/mol. The molecule has 0 aromatic heterocycles. The molecule has 0 saturated heterocycles. The van der Waals surface area contributed by atoms with Crippen molar-refractivity contribution in [3.05, 3.63) is 47.5 Å². The quantitative estimate of drug-likeness (QED) is 0.572. The van der Waals surface area contributed by atoms with Crippen LogP contribution in [0.1, 0.15) is 26.3 Å². The molecule has 16 heavy (non-hydrogen) atoms. The largest absolute Gasteiger partial charge is 0.460 e. The molecular formula is C14H18O2. The van der Waals surface area contributed by atoms with E-state index in [1.807, 2.05) is 57.2 Å². The van der Waals surface area contributed by atoms with Crippen LogP contribution in [0.15, 0.2) is 42.0 Å². The van der Waals surface area contributed by atoms with Crippen LogP contribution < -0.4 is 0 Å². The van der Waals surface area contributed by atoms with Crippen LogP contribution in [-0.4, -0.2) is 5.97 Å². The van der Waals surface area contributed by atoms with E-state index in [9.17, 15) is 4.79 Å². The highest BCUT2D eigenvalue weighted by molar-refractivity contribution is 5.74. The minimum atomic E-state index is -0.176. The molecule has 1 aromatic carbocycles. The van der Waals surface area contributed by atoms with Gasteiger partial charge in [-0.25, -0.2) is 0 Å². The second-order valence-electron chi connectivity index (χ2n) is 4.13. The zero-order valence-electron chi connectivity index (χ0n) is 10.1. The third kappa shape index (κ3) is 4.30. The van der Waals surface area contributed by atoms with Crippen molar-refractivity contribution in [2.75, 3.05) is 0 Å². The summed E-state index contributed by atoms with van der Waals surface area (Å²) in [6, 6.07) is 9.69. The number of carbonyl (C=O) groups is 1. The van der Waals surface area contributed by atoms with Crippen LogP contribution in [0, 0.1) is 5.92 Å². The van der Waals surface area contributed by atoms with Gasteiger partial charge in [0.15, 0.2) is 0 Å². The monoisotopic (exact) mass is 218 g/mol. The molecule has 1 unspecified atom stereocenters. The Balaban J connectivity index is 2.44. The van der Waals surface area contributed by atoms with Gasteiger partial charge in [-0.1, -0.05) is 42.0 Å². The third-order valence-electron chi connectivity index (χ3n) is 2.18. The minimum absolute atomic E-state index is 0.172. The lowest BCUT2D eigenvalue weighted by Crippen LogP contribution is -2.12. The van der Waals surface area contributed by atoms with Crippen molar-refractivity contribution in [1.82, 2.24) is 0 Å². The summed E-state index contributed by atoms with van der Waals surface area (Å²) in [6.45, 7) is 6.14. The van der Waals surface area contributed by atoms with Gasteiger partial charge < -0.3 is 4.74 Å². The fourth-order valence-corrected chi connectivity index (χ4v) is 1.43. The molecule has 86 valence electrons. The Morgan fingerprint density at radius 1 is 1.31 bits per heavy atom. The smallest absolute Gasteiger partial charge is 0.312 e. The number of carbonyl (C=O) groups excluding carboxylic acids is 1. The van der Waals surface area contributed by atoms with Crippen molar-refractivity contribution < 1.29 is 9.53 Å². The normalized spacial score (nSPS) is 11.7. The number of rotatable bonds is 4. The maximum Gasteiger partial charge on any atom is 0.312 e. The molecule has 0 aliphatic heterocycles. The Labute approximate surface area is 96.9 Å². The zero-order valence-corrected chi connectivity index (χ0v) is 10.1. The average Bonchev–Trinajstić information content (AvgIpc) is 2.26. The molecule has 0 aliphatic carbocycles. The summed E-state index contributed by atoms with van der Waals surface area (Å²) in [5, 5.41) is 0. The van der Waals surface area contributed by atoms with Crippen molar-refractivity contribution >= 4 is 5.97 Å². The van der Waals surface area contributed by atoms with Crippen LogP contribution in [0.3, 0.4) is 0 Å². The first-order valence-corrected chi connectivity index (χ1v) is 5.45. The van der Waals surface area contributed by atoms with E-state index >= 15 is 0 Å². The molecule has 0 saturated carbocycles. The Morgan fingerprint density at radius 2 is 1.94 bits per heavy atom. The van der Waals surface area contributed by atoms with Gasteiger partial charge in [-0.05, 0) is 26.3 Å². The lowest BCUT2D eigenvalue weighted by Gasteiger charge is -2.08. The van der Waals surface area contributed by atoms with Gasteiger partial charge in [-0.15, -0.1) is 0 Å². The summed E-state index contributed by atoms with van der Waals surface area (Å²) >= 11 is 0. The van der Waals surface area contributed by atoms with E-state index in [2.05, 4.69) is 0 Å². The second kappa shape index (κ2) is 6.11. The van der Waals surface area contributed by atoms with Crippen LogP contribution in [0.4, 0.5) is 0 Å². The molecule has 0 amide bonds. The molecule has 2 nitrogen and oxygen atoms in total. The highest BCUT2D eigenvalue weighted by Gasteiger charge is 2.11. The van der Waals surface area contributed by atoms with Gasteiger partial charge in [0.2, 0.25) is 0 Å². The number of hydrogen-bond donors (Lipinski definition) is 0. The molecule has 2 heteroatoms. The van der Waals surface area contributed by atoms with Crippen LogP contribution in [-0.2, 0) is 16.1 Å². The number of esters is 1. The van der Waals surface area contributed by atoms with E-state index in [0.717, 1.165) is 11.1 Å². The van der Waals surface area contributed by atoms with Gasteiger partial charge in [0.05, 0.1) is 5.92 Å². The summed E-state index contributed by atoms with van der Waals surface area (Å²) in [7, 11) is 0. The van der Waals surface area contributed by atoms with Crippen molar-refractivity contribution in [3.8, 4) is 0 Å². The van der Waals surface area contributed by atoms with Gasteiger partial charge in [-0.3, -0.25) is 4.79 Å². The fourth-order valence-electron chi connectivity index (χ4n) is 1.43. The van der Waals surface area contributed by atoms with Crippen molar-refractivity contribution in [2.45, 2.75) is 27.4 Å². The summed E-state index contributed by atoms with van der Waals surface area (Å²) in [6.07, 6.45) is 1.91. The summed E-state index contributed by atoms with van der Waals surface area (Å²) in [5.74, 6) is -0.348. The number of allylic oxidation sites excluding steroid dienone is 1. The second-order valence-corrected chi connectivity index (χ2v) is 4.13. The summed E-state index contributed by atoms with van der Waals surface area (Å²) in [5.41, 5.74) is 2.14.